The molecule has 9 rings (SSSR count). The molecule has 9 aromatic rings. The predicted molar refractivity (Wildman–Crippen MR) is 189 cm³/mol. The smallest absolute Gasteiger partial charge is 0.124 e. The van der Waals surface area contributed by atoms with Gasteiger partial charge in [0.05, 0.1) is 44.8 Å². The number of hydrogen-bond acceptors (Lipinski definition) is 4. The van der Waals surface area contributed by atoms with E-state index in [1.807, 2.05) is 91.0 Å². The molecule has 0 atom stereocenters. The van der Waals surface area contributed by atoms with Gasteiger partial charge in [-0.25, -0.2) is 33.1 Å². The molecule has 0 radical (unpaired) electrons. The van der Waals surface area contributed by atoms with Crippen molar-refractivity contribution in [3.63, 3.8) is 0 Å². The highest BCUT2D eigenvalue weighted by molar-refractivity contribution is 6.05. The lowest BCUT2D eigenvalue weighted by molar-refractivity contribution is 0.628. The Bertz CT molecular complexity index is 2590. The molecule has 0 aliphatic carbocycles. The third kappa shape index (κ3) is 5.22. The third-order valence-electron chi connectivity index (χ3n) is 8.77. The van der Waals surface area contributed by atoms with Gasteiger partial charge in [0.15, 0.2) is 0 Å². The first-order valence-corrected chi connectivity index (χ1v) is 15.7. The summed E-state index contributed by atoms with van der Waals surface area (Å²) in [7, 11) is 0. The Morgan fingerprint density at radius 3 is 0.939 bits per heavy atom. The second kappa shape index (κ2) is 11.3. The van der Waals surface area contributed by atoms with Crippen LogP contribution in [0, 0.1) is 17.5 Å². The topological polar surface area (TPSA) is 51.6 Å². The monoisotopic (exact) mass is 640 g/mol. The van der Waals surface area contributed by atoms with E-state index in [2.05, 4.69) is 0 Å². The highest BCUT2D eigenvalue weighted by atomic mass is 19.1. The second-order valence-corrected chi connectivity index (χ2v) is 12.0. The van der Waals surface area contributed by atoms with Crippen molar-refractivity contribution in [3.05, 3.63) is 157 Å². The van der Waals surface area contributed by atoms with Crippen molar-refractivity contribution in [2.24, 2.45) is 0 Å². The van der Waals surface area contributed by atoms with E-state index in [9.17, 15) is 8.78 Å². The van der Waals surface area contributed by atoms with Gasteiger partial charge in [-0.15, -0.1) is 0 Å². The van der Waals surface area contributed by atoms with Crippen LogP contribution in [0.3, 0.4) is 0 Å². The van der Waals surface area contributed by atoms with Crippen molar-refractivity contribution in [1.82, 2.24) is 19.9 Å². The fraction of sp³-hybridized carbons (Fsp3) is 0. The summed E-state index contributed by atoms with van der Waals surface area (Å²) in [5.74, 6) is -1.10. The zero-order chi connectivity index (χ0) is 33.1. The van der Waals surface area contributed by atoms with E-state index in [4.69, 9.17) is 19.9 Å². The molecule has 0 amide bonds. The van der Waals surface area contributed by atoms with Crippen LogP contribution >= 0.6 is 0 Å². The van der Waals surface area contributed by atoms with Crippen LogP contribution in [0.25, 0.3) is 88.6 Å². The molecule has 0 saturated carbocycles. The van der Waals surface area contributed by atoms with Crippen molar-refractivity contribution in [3.8, 4) is 45.0 Å². The molecule has 5 aromatic carbocycles. The fourth-order valence-corrected chi connectivity index (χ4v) is 6.36. The molecule has 232 valence electrons. The Hall–Kier alpha value is -6.47. The molecule has 7 heteroatoms. The van der Waals surface area contributed by atoms with E-state index < -0.39 is 5.82 Å². The number of benzene rings is 5. The van der Waals surface area contributed by atoms with Gasteiger partial charge in [0.1, 0.15) is 17.5 Å². The molecular formula is C42H23F3N4. The Balaban J connectivity index is 1.16. The standard InChI is InChI=1S/C42H23F3N4/c43-32-5-1-3-28(20-32)35-15-11-24-7-9-26-13-17-37(48-41(26)39(24)46-35)30-19-31(23-34(45)22-30)38-18-14-27-10-8-25-12-16-36(47-40(25)42(27)49-38)29-4-2-6-33(44)21-29/h1-23H. The quantitative estimate of drug-likeness (QED) is 0.180. The number of pyridine rings is 4. The largest absolute Gasteiger partial charge is 0.245 e. The van der Waals surface area contributed by atoms with E-state index in [0.717, 1.165) is 21.5 Å². The van der Waals surface area contributed by atoms with Crippen molar-refractivity contribution in [2.75, 3.05) is 0 Å². The predicted octanol–water partition coefficient (Wildman–Crippen LogP) is 11.0. The Morgan fingerprint density at radius 2 is 0.592 bits per heavy atom. The minimum Gasteiger partial charge on any atom is -0.245 e. The number of halogens is 3. The minimum atomic E-state index is -0.426. The lowest BCUT2D eigenvalue weighted by Gasteiger charge is -2.11. The van der Waals surface area contributed by atoms with Gasteiger partial charge in [0.25, 0.3) is 0 Å². The lowest BCUT2D eigenvalue weighted by Crippen LogP contribution is -1.93. The van der Waals surface area contributed by atoms with E-state index >= 15 is 4.39 Å². The number of hydrogen-bond donors (Lipinski definition) is 0. The van der Waals surface area contributed by atoms with Gasteiger partial charge in [-0.05, 0) is 66.7 Å². The van der Waals surface area contributed by atoms with Gasteiger partial charge in [-0.3, -0.25) is 0 Å². The first kappa shape index (κ1) is 28.7. The van der Waals surface area contributed by atoms with Crippen molar-refractivity contribution >= 4 is 43.6 Å². The van der Waals surface area contributed by atoms with Crippen LogP contribution in [0.5, 0.6) is 0 Å². The summed E-state index contributed by atoms with van der Waals surface area (Å²) in [6.45, 7) is 0. The van der Waals surface area contributed by atoms with E-state index in [1.54, 1.807) is 12.1 Å². The molecule has 4 aromatic heterocycles. The Kier molecular flexibility index (Phi) is 6.65. The normalized spacial score (nSPS) is 11.6. The average molecular weight is 641 g/mol. The molecule has 0 fully saturated rings. The van der Waals surface area contributed by atoms with Crippen LogP contribution in [0.4, 0.5) is 13.2 Å². The van der Waals surface area contributed by atoms with Crippen LogP contribution < -0.4 is 0 Å². The van der Waals surface area contributed by atoms with Gasteiger partial charge < -0.3 is 0 Å². The molecule has 4 heterocycles. The SMILES string of the molecule is Fc1cccc(-c2ccc3ccc4ccc(-c5cc(F)cc(-c6ccc7ccc8ccc(-c9cccc(F)c9)nc8c7n6)c5)nc4c3n2)c1. The van der Waals surface area contributed by atoms with Gasteiger partial charge in [-0.2, -0.15) is 0 Å². The zero-order valence-corrected chi connectivity index (χ0v) is 25.7. The summed E-state index contributed by atoms with van der Waals surface area (Å²) in [6, 6.07) is 40.6. The second-order valence-electron chi connectivity index (χ2n) is 12.0. The molecule has 0 saturated heterocycles. The fourth-order valence-electron chi connectivity index (χ4n) is 6.36. The van der Waals surface area contributed by atoms with Crippen LogP contribution in [-0.4, -0.2) is 19.9 Å². The van der Waals surface area contributed by atoms with Crippen molar-refractivity contribution in [2.45, 2.75) is 0 Å². The number of nitrogens with zero attached hydrogens (tertiary/aromatic N) is 4. The highest BCUT2D eigenvalue weighted by Gasteiger charge is 2.14. The van der Waals surface area contributed by atoms with Crippen LogP contribution in [-0.2, 0) is 0 Å². The van der Waals surface area contributed by atoms with E-state index in [1.165, 1.54) is 36.4 Å². The summed E-state index contributed by atoms with van der Waals surface area (Å²) in [5, 5.41) is 3.54. The molecule has 4 nitrogen and oxygen atoms in total. The van der Waals surface area contributed by atoms with Gasteiger partial charge in [0, 0.05) is 43.8 Å². The molecule has 0 spiro atoms. The van der Waals surface area contributed by atoms with Gasteiger partial charge >= 0.3 is 0 Å². The van der Waals surface area contributed by atoms with Crippen LogP contribution in [0.15, 0.2) is 140 Å². The third-order valence-corrected chi connectivity index (χ3v) is 8.77. The highest BCUT2D eigenvalue weighted by Crippen LogP contribution is 2.33. The summed E-state index contributed by atoms with van der Waals surface area (Å²) < 4.78 is 43.3. The summed E-state index contributed by atoms with van der Waals surface area (Å²) >= 11 is 0. The number of aromatic nitrogens is 4. The van der Waals surface area contributed by atoms with Crippen molar-refractivity contribution in [1.29, 1.82) is 0 Å². The molecule has 49 heavy (non-hydrogen) atoms. The zero-order valence-electron chi connectivity index (χ0n) is 25.7. The number of fused-ring (bicyclic) bond motifs is 6. The summed E-state index contributed by atoms with van der Waals surface area (Å²) in [6.07, 6.45) is 0. The van der Waals surface area contributed by atoms with E-state index in [0.29, 0.717) is 67.1 Å². The van der Waals surface area contributed by atoms with E-state index in [-0.39, 0.29) is 11.6 Å². The Labute approximate surface area is 278 Å². The first-order valence-electron chi connectivity index (χ1n) is 15.7. The number of rotatable bonds is 4. The van der Waals surface area contributed by atoms with Gasteiger partial charge in [-0.1, -0.05) is 72.8 Å². The lowest BCUT2D eigenvalue weighted by atomic mass is 10.0. The average Bonchev–Trinajstić information content (AvgIpc) is 3.13. The molecule has 0 aliphatic rings. The Morgan fingerprint density at radius 1 is 0.286 bits per heavy atom. The maximum atomic E-state index is 15.3. The van der Waals surface area contributed by atoms with Crippen molar-refractivity contribution < 1.29 is 13.2 Å². The maximum absolute atomic E-state index is 15.3. The van der Waals surface area contributed by atoms with Crippen LogP contribution in [0.2, 0.25) is 0 Å². The molecule has 0 N–H and O–H groups in total. The molecule has 0 unspecified atom stereocenters. The first-order chi connectivity index (χ1) is 23.9. The van der Waals surface area contributed by atoms with Crippen LogP contribution in [0.1, 0.15) is 0 Å². The maximum Gasteiger partial charge on any atom is 0.124 e. The van der Waals surface area contributed by atoms with Gasteiger partial charge in [0.2, 0.25) is 0 Å². The molecule has 0 aliphatic heterocycles. The molecule has 0 bridgehead atoms. The minimum absolute atomic E-state index is 0.335. The summed E-state index contributed by atoms with van der Waals surface area (Å²) in [5.41, 5.74) is 7.59. The molecular weight excluding hydrogens is 617 g/mol. The summed E-state index contributed by atoms with van der Waals surface area (Å²) in [4.78, 5) is 19.7.